The van der Waals surface area contributed by atoms with Crippen molar-refractivity contribution in [2.45, 2.75) is 38.3 Å². The van der Waals surface area contributed by atoms with Crippen LogP contribution in [0.3, 0.4) is 0 Å². The molecule has 1 heterocycles. The van der Waals surface area contributed by atoms with E-state index in [1.54, 1.807) is 53.5 Å². The molecule has 3 aromatic carbocycles. The van der Waals surface area contributed by atoms with Crippen molar-refractivity contribution in [2.75, 3.05) is 0 Å². The van der Waals surface area contributed by atoms with Crippen molar-refractivity contribution < 1.29 is 13.2 Å². The molecule has 0 saturated heterocycles. The number of sulfonamides is 1. The van der Waals surface area contributed by atoms with Crippen molar-refractivity contribution in [1.29, 1.82) is 0 Å². The van der Waals surface area contributed by atoms with Gasteiger partial charge in [-0.2, -0.15) is 5.10 Å². The van der Waals surface area contributed by atoms with E-state index < -0.39 is 10.0 Å². The van der Waals surface area contributed by atoms with E-state index >= 15 is 0 Å². The first kappa shape index (κ1) is 24.3. The Kier molecular flexibility index (Phi) is 7.09. The molecule has 0 spiro atoms. The number of carbonyl (C=O) groups is 1. The molecule has 180 valence electrons. The van der Waals surface area contributed by atoms with E-state index in [2.05, 4.69) is 20.1 Å². The number of amides is 1. The standard InChI is InChI=1S/C26H27N5O3S/c1-18-4-13-25(14-19(18)2)35(33,34)29-15-21-5-7-23(8-6-21)26(32)30-20(3)22-9-11-24(12-10-22)31-17-27-16-28-31/h4-14,16-17,20,29H,15H2,1-3H3,(H,30,32)/t20-/m0/s1. The predicted octanol–water partition coefficient (Wildman–Crippen LogP) is 3.85. The maximum atomic E-state index is 12.7. The maximum absolute atomic E-state index is 12.7. The molecule has 1 aromatic heterocycles. The van der Waals surface area contributed by atoms with Crippen LogP contribution in [0.1, 0.15) is 45.6 Å². The summed E-state index contributed by atoms with van der Waals surface area (Å²) in [6, 6.07) is 19.4. The van der Waals surface area contributed by atoms with E-state index in [9.17, 15) is 13.2 Å². The molecule has 0 aliphatic carbocycles. The number of aromatic nitrogens is 3. The summed E-state index contributed by atoms with van der Waals surface area (Å²) >= 11 is 0. The van der Waals surface area contributed by atoms with Crippen molar-refractivity contribution >= 4 is 15.9 Å². The number of carbonyl (C=O) groups excluding carboxylic acids is 1. The second kappa shape index (κ2) is 10.2. The number of aryl methyl sites for hydroxylation is 2. The summed E-state index contributed by atoms with van der Waals surface area (Å²) < 4.78 is 29.5. The van der Waals surface area contributed by atoms with Gasteiger partial charge in [-0.3, -0.25) is 4.79 Å². The number of benzene rings is 3. The molecule has 4 aromatic rings. The molecule has 0 saturated carbocycles. The fraction of sp³-hybridized carbons (Fsp3) is 0.192. The summed E-state index contributed by atoms with van der Waals surface area (Å²) in [6.07, 6.45) is 3.10. The average molecular weight is 490 g/mol. The van der Waals surface area contributed by atoms with Crippen LogP contribution in [0, 0.1) is 13.8 Å². The minimum atomic E-state index is -3.63. The number of hydrogen-bond donors (Lipinski definition) is 2. The third-order valence-corrected chi connectivity index (χ3v) is 7.29. The van der Waals surface area contributed by atoms with Crippen molar-refractivity contribution in [3.05, 3.63) is 107 Å². The molecule has 0 fully saturated rings. The van der Waals surface area contributed by atoms with E-state index in [1.807, 2.05) is 45.0 Å². The first-order chi connectivity index (χ1) is 16.7. The van der Waals surface area contributed by atoms with Crippen LogP contribution in [0.2, 0.25) is 0 Å². The number of nitrogens with zero attached hydrogens (tertiary/aromatic N) is 3. The number of nitrogens with one attached hydrogen (secondary N) is 2. The topological polar surface area (TPSA) is 106 Å². The van der Waals surface area contributed by atoms with E-state index in [0.717, 1.165) is 27.9 Å². The fourth-order valence-electron chi connectivity index (χ4n) is 3.54. The van der Waals surface area contributed by atoms with Gasteiger partial charge in [-0.25, -0.2) is 22.8 Å². The molecule has 1 atom stereocenters. The zero-order valence-electron chi connectivity index (χ0n) is 19.8. The van der Waals surface area contributed by atoms with Crippen LogP contribution in [0.4, 0.5) is 0 Å². The molecule has 0 bridgehead atoms. The van der Waals surface area contributed by atoms with Gasteiger partial charge >= 0.3 is 0 Å². The highest BCUT2D eigenvalue weighted by molar-refractivity contribution is 7.89. The van der Waals surface area contributed by atoms with Crippen LogP contribution in [-0.2, 0) is 16.6 Å². The van der Waals surface area contributed by atoms with E-state index in [-0.39, 0.29) is 23.4 Å². The first-order valence-corrected chi connectivity index (χ1v) is 12.6. The van der Waals surface area contributed by atoms with Crippen LogP contribution in [0.15, 0.2) is 84.3 Å². The van der Waals surface area contributed by atoms with Gasteiger partial charge in [0.15, 0.2) is 0 Å². The van der Waals surface area contributed by atoms with Gasteiger partial charge in [0.25, 0.3) is 5.91 Å². The van der Waals surface area contributed by atoms with Crippen molar-refractivity contribution in [3.63, 3.8) is 0 Å². The molecule has 9 heteroatoms. The van der Waals surface area contributed by atoms with Crippen molar-refractivity contribution in [1.82, 2.24) is 24.8 Å². The summed E-state index contributed by atoms with van der Waals surface area (Å²) in [6.45, 7) is 5.87. The van der Waals surface area contributed by atoms with Crippen molar-refractivity contribution in [2.24, 2.45) is 0 Å². The molecular weight excluding hydrogens is 462 g/mol. The smallest absolute Gasteiger partial charge is 0.251 e. The Bertz CT molecular complexity index is 1420. The van der Waals surface area contributed by atoms with E-state index in [4.69, 9.17) is 0 Å². The molecule has 0 aliphatic heterocycles. The van der Waals surface area contributed by atoms with Crippen LogP contribution >= 0.6 is 0 Å². The molecule has 0 radical (unpaired) electrons. The van der Waals surface area contributed by atoms with E-state index in [0.29, 0.717) is 5.56 Å². The molecule has 4 rings (SSSR count). The van der Waals surface area contributed by atoms with Gasteiger partial charge in [0.2, 0.25) is 10.0 Å². The van der Waals surface area contributed by atoms with Gasteiger partial charge in [0.1, 0.15) is 12.7 Å². The summed E-state index contributed by atoms with van der Waals surface area (Å²) in [7, 11) is -3.63. The van der Waals surface area contributed by atoms with Gasteiger partial charge in [0.05, 0.1) is 16.6 Å². The fourth-order valence-corrected chi connectivity index (χ4v) is 4.64. The lowest BCUT2D eigenvalue weighted by Gasteiger charge is -2.15. The Morgan fingerprint density at radius 3 is 2.31 bits per heavy atom. The van der Waals surface area contributed by atoms with Crippen LogP contribution in [-0.4, -0.2) is 29.1 Å². The highest BCUT2D eigenvalue weighted by Gasteiger charge is 2.15. The lowest BCUT2D eigenvalue weighted by atomic mass is 10.1. The summed E-state index contributed by atoms with van der Waals surface area (Å²) in [5, 5.41) is 7.09. The van der Waals surface area contributed by atoms with Gasteiger partial charge in [0, 0.05) is 12.1 Å². The third kappa shape index (κ3) is 5.82. The van der Waals surface area contributed by atoms with Gasteiger partial charge in [-0.15, -0.1) is 0 Å². The summed E-state index contributed by atoms with van der Waals surface area (Å²) in [5.74, 6) is -0.208. The SMILES string of the molecule is Cc1ccc(S(=O)(=O)NCc2ccc(C(=O)N[C@@H](C)c3ccc(-n4cncn4)cc3)cc2)cc1C. The summed E-state index contributed by atoms with van der Waals surface area (Å²) in [5.41, 5.74) is 5.05. The van der Waals surface area contributed by atoms with Gasteiger partial charge < -0.3 is 5.32 Å². The minimum Gasteiger partial charge on any atom is -0.346 e. The Morgan fingerprint density at radius 1 is 0.971 bits per heavy atom. The molecule has 1 amide bonds. The Morgan fingerprint density at radius 2 is 1.69 bits per heavy atom. The van der Waals surface area contributed by atoms with Gasteiger partial charge in [-0.05, 0) is 79.4 Å². The van der Waals surface area contributed by atoms with Crippen LogP contribution in [0.5, 0.6) is 0 Å². The monoisotopic (exact) mass is 489 g/mol. The zero-order valence-corrected chi connectivity index (χ0v) is 20.6. The second-order valence-electron chi connectivity index (χ2n) is 8.39. The quantitative estimate of drug-likeness (QED) is 0.391. The highest BCUT2D eigenvalue weighted by atomic mass is 32.2. The van der Waals surface area contributed by atoms with Gasteiger partial charge in [-0.1, -0.05) is 30.3 Å². The molecule has 35 heavy (non-hydrogen) atoms. The normalized spacial score (nSPS) is 12.3. The third-order valence-electron chi connectivity index (χ3n) is 5.90. The average Bonchev–Trinajstić information content (AvgIpc) is 3.40. The minimum absolute atomic E-state index is 0.131. The Balaban J connectivity index is 1.34. The predicted molar refractivity (Wildman–Crippen MR) is 134 cm³/mol. The van der Waals surface area contributed by atoms with Crippen molar-refractivity contribution in [3.8, 4) is 5.69 Å². The van der Waals surface area contributed by atoms with Crippen LogP contribution < -0.4 is 10.0 Å². The number of hydrogen-bond acceptors (Lipinski definition) is 5. The lowest BCUT2D eigenvalue weighted by Crippen LogP contribution is -2.26. The van der Waals surface area contributed by atoms with Crippen LogP contribution in [0.25, 0.3) is 5.69 Å². The lowest BCUT2D eigenvalue weighted by molar-refractivity contribution is 0.0940. The first-order valence-electron chi connectivity index (χ1n) is 11.1. The highest BCUT2D eigenvalue weighted by Crippen LogP contribution is 2.17. The Labute approximate surface area is 205 Å². The largest absolute Gasteiger partial charge is 0.346 e. The summed E-state index contributed by atoms with van der Waals surface area (Å²) in [4.78, 5) is 16.9. The molecular formula is C26H27N5O3S. The second-order valence-corrected chi connectivity index (χ2v) is 10.2. The zero-order chi connectivity index (χ0) is 25.0. The maximum Gasteiger partial charge on any atom is 0.251 e. The van der Waals surface area contributed by atoms with E-state index in [1.165, 1.54) is 6.33 Å². The Hall–Kier alpha value is -3.82. The molecule has 0 unspecified atom stereocenters. The molecule has 0 aliphatic rings. The molecule has 2 N–H and O–H groups in total. The molecule has 8 nitrogen and oxygen atoms in total. The number of rotatable bonds is 8.